The molecule has 2 aromatic rings. The van der Waals surface area contributed by atoms with Crippen molar-refractivity contribution in [3.8, 4) is 5.75 Å². The summed E-state index contributed by atoms with van der Waals surface area (Å²) in [6.45, 7) is 3.40. The minimum absolute atomic E-state index is 0.190. The summed E-state index contributed by atoms with van der Waals surface area (Å²) in [4.78, 5) is 0. The highest BCUT2D eigenvalue weighted by atomic mass is 35.5. The van der Waals surface area contributed by atoms with Crippen LogP contribution in [-0.2, 0) is 6.54 Å². The van der Waals surface area contributed by atoms with Gasteiger partial charge >= 0.3 is 0 Å². The van der Waals surface area contributed by atoms with E-state index in [1.807, 2.05) is 22.9 Å². The molecule has 1 unspecified atom stereocenters. The van der Waals surface area contributed by atoms with Crippen LogP contribution in [0.1, 0.15) is 25.1 Å². The predicted molar refractivity (Wildman–Crippen MR) is 76.4 cm³/mol. The molecule has 0 saturated carbocycles. The molecule has 0 radical (unpaired) electrons. The van der Waals surface area contributed by atoms with Gasteiger partial charge in [-0.3, -0.25) is 4.68 Å². The van der Waals surface area contributed by atoms with Crippen molar-refractivity contribution >= 4 is 11.6 Å². The molecule has 1 heterocycles. The molecule has 0 bridgehead atoms. The van der Waals surface area contributed by atoms with Gasteiger partial charge in [-0.05, 0) is 36.8 Å². The van der Waals surface area contributed by atoms with E-state index >= 15 is 0 Å². The van der Waals surface area contributed by atoms with E-state index in [9.17, 15) is 0 Å². The summed E-state index contributed by atoms with van der Waals surface area (Å²) in [5.74, 6) is 0.765. The minimum Gasteiger partial charge on any atom is -0.492 e. The van der Waals surface area contributed by atoms with Gasteiger partial charge in [0.05, 0.1) is 11.7 Å². The molecule has 19 heavy (non-hydrogen) atoms. The Kier molecular flexibility index (Phi) is 4.82. The molecule has 0 fully saturated rings. The predicted octanol–water partition coefficient (Wildman–Crippen LogP) is 3.03. The van der Waals surface area contributed by atoms with Crippen LogP contribution >= 0.6 is 11.6 Å². The molecule has 2 rings (SSSR count). The first kappa shape index (κ1) is 13.9. The van der Waals surface area contributed by atoms with E-state index in [1.165, 1.54) is 0 Å². The van der Waals surface area contributed by atoms with E-state index < -0.39 is 0 Å². The average molecular weight is 280 g/mol. The number of nitrogens with two attached hydrogens (primary N) is 1. The summed E-state index contributed by atoms with van der Waals surface area (Å²) >= 11 is 5.82. The second-order valence-corrected chi connectivity index (χ2v) is 4.79. The quantitative estimate of drug-likeness (QED) is 0.884. The Hall–Kier alpha value is -1.52. The van der Waals surface area contributed by atoms with Crippen LogP contribution in [0.25, 0.3) is 0 Å². The largest absolute Gasteiger partial charge is 0.492 e. The van der Waals surface area contributed by atoms with Gasteiger partial charge in [-0.15, -0.1) is 0 Å². The average Bonchev–Trinajstić information content (AvgIpc) is 2.86. The Morgan fingerprint density at radius 1 is 1.32 bits per heavy atom. The van der Waals surface area contributed by atoms with Crippen LogP contribution < -0.4 is 10.5 Å². The molecule has 2 N–H and O–H groups in total. The van der Waals surface area contributed by atoms with Gasteiger partial charge in [-0.2, -0.15) is 5.10 Å². The van der Waals surface area contributed by atoms with Gasteiger partial charge in [-0.25, -0.2) is 0 Å². The van der Waals surface area contributed by atoms with Gasteiger partial charge in [0.1, 0.15) is 12.4 Å². The van der Waals surface area contributed by atoms with Gasteiger partial charge in [0.2, 0.25) is 0 Å². The van der Waals surface area contributed by atoms with E-state index in [-0.39, 0.29) is 6.04 Å². The lowest BCUT2D eigenvalue weighted by atomic mass is 10.2. The maximum Gasteiger partial charge on any atom is 0.119 e. The third kappa shape index (κ3) is 3.72. The fraction of sp³-hybridized carbons (Fsp3) is 0.357. The molecule has 1 atom stereocenters. The summed E-state index contributed by atoms with van der Waals surface area (Å²) in [7, 11) is 0. The normalized spacial score (nSPS) is 12.4. The fourth-order valence-electron chi connectivity index (χ4n) is 1.86. The molecule has 0 aliphatic heterocycles. The van der Waals surface area contributed by atoms with E-state index in [2.05, 4.69) is 12.0 Å². The van der Waals surface area contributed by atoms with E-state index in [0.29, 0.717) is 11.6 Å². The molecule has 0 aliphatic carbocycles. The monoisotopic (exact) mass is 279 g/mol. The van der Waals surface area contributed by atoms with Crippen molar-refractivity contribution in [2.75, 3.05) is 6.61 Å². The number of aryl methyl sites for hydroxylation is 1. The lowest BCUT2D eigenvalue weighted by molar-refractivity contribution is 0.284. The Morgan fingerprint density at radius 2 is 2.05 bits per heavy atom. The number of halogens is 1. The van der Waals surface area contributed by atoms with Gasteiger partial charge in [0.25, 0.3) is 0 Å². The molecular weight excluding hydrogens is 262 g/mol. The van der Waals surface area contributed by atoms with Crippen LogP contribution in [0.5, 0.6) is 5.75 Å². The first-order valence-corrected chi connectivity index (χ1v) is 6.74. The number of nitrogens with zero attached hydrogens (tertiary/aromatic N) is 2. The van der Waals surface area contributed by atoms with Gasteiger partial charge in [0, 0.05) is 17.8 Å². The van der Waals surface area contributed by atoms with Crippen LogP contribution in [-0.4, -0.2) is 16.4 Å². The van der Waals surface area contributed by atoms with Crippen LogP contribution in [0.3, 0.4) is 0 Å². The molecule has 1 aromatic carbocycles. The zero-order valence-corrected chi connectivity index (χ0v) is 11.7. The number of hydrogen-bond donors (Lipinski definition) is 1. The van der Waals surface area contributed by atoms with Gasteiger partial charge in [-0.1, -0.05) is 18.5 Å². The molecular formula is C14H18ClN3O. The molecule has 1 aromatic heterocycles. The number of hydrogen-bond acceptors (Lipinski definition) is 3. The van der Waals surface area contributed by atoms with E-state index in [4.69, 9.17) is 22.1 Å². The number of ether oxygens (including phenoxy) is 1. The van der Waals surface area contributed by atoms with Crippen LogP contribution in [0.2, 0.25) is 5.02 Å². The smallest absolute Gasteiger partial charge is 0.119 e. The van der Waals surface area contributed by atoms with Crippen molar-refractivity contribution in [3.05, 3.63) is 47.2 Å². The molecule has 0 aliphatic rings. The highest BCUT2D eigenvalue weighted by Gasteiger charge is 2.12. The number of rotatable bonds is 6. The van der Waals surface area contributed by atoms with Crippen molar-refractivity contribution in [2.24, 2.45) is 5.73 Å². The summed E-state index contributed by atoms with van der Waals surface area (Å²) in [6.07, 6.45) is 2.80. The lowest BCUT2D eigenvalue weighted by Crippen LogP contribution is -2.22. The number of aromatic nitrogens is 2. The zero-order chi connectivity index (χ0) is 13.7. The van der Waals surface area contributed by atoms with Crippen molar-refractivity contribution in [1.29, 1.82) is 0 Å². The van der Waals surface area contributed by atoms with E-state index in [0.717, 1.165) is 24.4 Å². The fourth-order valence-corrected chi connectivity index (χ4v) is 1.98. The third-order valence-corrected chi connectivity index (χ3v) is 3.06. The van der Waals surface area contributed by atoms with Crippen molar-refractivity contribution in [1.82, 2.24) is 9.78 Å². The highest BCUT2D eigenvalue weighted by molar-refractivity contribution is 6.30. The SMILES string of the molecule is CCCn1nccc1C(N)COc1ccc(Cl)cc1. The standard InChI is InChI=1S/C14H18ClN3O/c1-2-9-18-14(7-8-17-18)13(16)10-19-12-5-3-11(15)4-6-12/h3-8,13H,2,9-10,16H2,1H3. The summed E-state index contributed by atoms with van der Waals surface area (Å²) < 4.78 is 7.58. The maximum atomic E-state index is 6.14. The molecule has 5 heteroatoms. The molecule has 4 nitrogen and oxygen atoms in total. The summed E-state index contributed by atoms with van der Waals surface area (Å²) in [6, 6.07) is 9.00. The van der Waals surface area contributed by atoms with Crippen LogP contribution in [0.15, 0.2) is 36.5 Å². The topological polar surface area (TPSA) is 53.1 Å². The molecule has 0 spiro atoms. The summed E-state index contributed by atoms with van der Waals surface area (Å²) in [5, 5.41) is 4.95. The zero-order valence-electron chi connectivity index (χ0n) is 10.9. The molecule has 102 valence electrons. The maximum absolute atomic E-state index is 6.14. The second-order valence-electron chi connectivity index (χ2n) is 4.35. The van der Waals surface area contributed by atoms with Crippen LogP contribution in [0.4, 0.5) is 0 Å². The van der Waals surface area contributed by atoms with Crippen molar-refractivity contribution in [2.45, 2.75) is 25.9 Å². The first-order chi connectivity index (χ1) is 9.20. The van der Waals surface area contributed by atoms with E-state index in [1.54, 1.807) is 18.3 Å². The first-order valence-electron chi connectivity index (χ1n) is 6.36. The Labute approximate surface area is 118 Å². The minimum atomic E-state index is -0.190. The lowest BCUT2D eigenvalue weighted by Gasteiger charge is -2.15. The highest BCUT2D eigenvalue weighted by Crippen LogP contribution is 2.17. The van der Waals surface area contributed by atoms with Crippen molar-refractivity contribution in [3.63, 3.8) is 0 Å². The Bertz CT molecular complexity index is 510. The third-order valence-electron chi connectivity index (χ3n) is 2.81. The molecule has 0 saturated heterocycles. The second kappa shape index (κ2) is 6.59. The Balaban J connectivity index is 1.95. The van der Waals surface area contributed by atoms with Crippen molar-refractivity contribution < 1.29 is 4.74 Å². The molecule has 0 amide bonds. The Morgan fingerprint density at radius 3 is 2.74 bits per heavy atom. The van der Waals surface area contributed by atoms with Gasteiger partial charge in [0.15, 0.2) is 0 Å². The van der Waals surface area contributed by atoms with Gasteiger partial charge < -0.3 is 10.5 Å². The van der Waals surface area contributed by atoms with Crippen LogP contribution in [0, 0.1) is 0 Å². The summed E-state index contributed by atoms with van der Waals surface area (Å²) in [5.41, 5.74) is 7.13. The number of benzene rings is 1.